The van der Waals surface area contributed by atoms with E-state index in [2.05, 4.69) is 19.2 Å². The Morgan fingerprint density at radius 2 is 1.93 bits per heavy atom. The van der Waals surface area contributed by atoms with Gasteiger partial charge in [0.2, 0.25) is 5.91 Å². The number of nitrogens with one attached hydrogen (secondary N) is 1. The van der Waals surface area contributed by atoms with Gasteiger partial charge >= 0.3 is 0 Å². The van der Waals surface area contributed by atoms with Crippen molar-refractivity contribution in [2.45, 2.75) is 83.6 Å². The zero-order valence-electron chi connectivity index (χ0n) is 18.2. The molecule has 0 aromatic carbocycles. The van der Waals surface area contributed by atoms with Crippen molar-refractivity contribution in [1.29, 1.82) is 0 Å². The van der Waals surface area contributed by atoms with Crippen LogP contribution in [0, 0.1) is 11.8 Å². The van der Waals surface area contributed by atoms with Crippen LogP contribution in [0.2, 0.25) is 0 Å². The maximum atomic E-state index is 12.8. The zero-order valence-corrected chi connectivity index (χ0v) is 18.2. The summed E-state index contributed by atoms with van der Waals surface area (Å²) in [6.45, 7) is 7.92. The minimum absolute atomic E-state index is 0.0111. The highest BCUT2D eigenvalue weighted by Gasteiger charge is 2.34. The van der Waals surface area contributed by atoms with Crippen LogP contribution in [0.25, 0.3) is 0 Å². The van der Waals surface area contributed by atoms with E-state index in [1.54, 1.807) is 0 Å². The Morgan fingerprint density at radius 1 is 1.21 bits per heavy atom. The summed E-state index contributed by atoms with van der Waals surface area (Å²) < 4.78 is 11.9. The van der Waals surface area contributed by atoms with E-state index in [4.69, 9.17) is 15.2 Å². The topological polar surface area (TPSA) is 76.8 Å². The number of ether oxygens (including phenoxy) is 2. The molecule has 6 nitrogen and oxygen atoms in total. The molecule has 1 saturated heterocycles. The molecule has 1 aliphatic heterocycles. The molecule has 3 unspecified atom stereocenters. The van der Waals surface area contributed by atoms with Gasteiger partial charge in [-0.1, -0.05) is 13.8 Å². The van der Waals surface area contributed by atoms with Crippen LogP contribution in [0.3, 0.4) is 0 Å². The highest BCUT2D eigenvalue weighted by atomic mass is 16.5. The number of hydrogen-bond donors (Lipinski definition) is 2. The van der Waals surface area contributed by atoms with Gasteiger partial charge in [-0.05, 0) is 69.6 Å². The number of carbonyl (C=O) groups excluding carboxylic acids is 1. The predicted octanol–water partition coefficient (Wildman–Crippen LogP) is 2.67. The Hall–Kier alpha value is -1.11. The van der Waals surface area contributed by atoms with E-state index < -0.39 is 0 Å². The van der Waals surface area contributed by atoms with E-state index in [1.807, 2.05) is 31.1 Å². The molecule has 6 heteroatoms. The number of piperidine rings is 1. The minimum atomic E-state index is -0.110. The largest absolute Gasteiger partial charge is 0.394 e. The third-order valence-electron chi connectivity index (χ3n) is 6.32. The third-order valence-corrected chi connectivity index (χ3v) is 6.32. The van der Waals surface area contributed by atoms with Gasteiger partial charge in [0.1, 0.15) is 6.61 Å². The molecule has 0 radical (unpaired) electrons. The van der Waals surface area contributed by atoms with Gasteiger partial charge in [-0.2, -0.15) is 0 Å². The second-order valence-electron chi connectivity index (χ2n) is 8.74. The first kappa shape index (κ1) is 23.2. The lowest BCUT2D eigenvalue weighted by atomic mass is 9.80. The number of likely N-dealkylation sites (tertiary alicyclic amines) is 1. The van der Waals surface area contributed by atoms with Gasteiger partial charge in [0.25, 0.3) is 0 Å². The summed E-state index contributed by atoms with van der Waals surface area (Å²) in [5, 5.41) is 2.93. The molecule has 2 aliphatic rings. The molecule has 3 atom stereocenters. The first-order valence-corrected chi connectivity index (χ1v) is 11.0. The van der Waals surface area contributed by atoms with Crippen molar-refractivity contribution in [2.24, 2.45) is 17.6 Å². The van der Waals surface area contributed by atoms with Gasteiger partial charge in [0, 0.05) is 19.6 Å². The Labute approximate surface area is 171 Å². The van der Waals surface area contributed by atoms with Crippen molar-refractivity contribution >= 4 is 5.91 Å². The lowest BCUT2D eigenvalue weighted by Gasteiger charge is -2.41. The molecule has 1 heterocycles. The van der Waals surface area contributed by atoms with E-state index in [0.717, 1.165) is 44.1 Å². The first-order valence-electron chi connectivity index (χ1n) is 11.0. The summed E-state index contributed by atoms with van der Waals surface area (Å²) in [4.78, 5) is 14.6. The summed E-state index contributed by atoms with van der Waals surface area (Å²) >= 11 is 0. The van der Waals surface area contributed by atoms with E-state index in [9.17, 15) is 4.79 Å². The predicted molar refractivity (Wildman–Crippen MR) is 113 cm³/mol. The quantitative estimate of drug-likeness (QED) is 0.628. The molecular weight excluding hydrogens is 354 g/mol. The second kappa shape index (κ2) is 11.8. The van der Waals surface area contributed by atoms with Gasteiger partial charge in [0.15, 0.2) is 0 Å². The number of amides is 1. The van der Waals surface area contributed by atoms with E-state index >= 15 is 0 Å². The molecule has 162 valence electrons. The number of rotatable bonds is 9. The highest BCUT2D eigenvalue weighted by molar-refractivity contribution is 5.78. The normalized spacial score (nSPS) is 30.0. The second-order valence-corrected chi connectivity index (χ2v) is 8.74. The van der Waals surface area contributed by atoms with Gasteiger partial charge in [-0.25, -0.2) is 0 Å². The molecule has 1 aliphatic carbocycles. The molecule has 2 fully saturated rings. The van der Waals surface area contributed by atoms with Crippen molar-refractivity contribution in [3.63, 3.8) is 0 Å². The maximum Gasteiger partial charge on any atom is 0.248 e. The molecule has 0 aromatic rings. The Kier molecular flexibility index (Phi) is 9.75. The van der Waals surface area contributed by atoms with Crippen molar-refractivity contribution in [2.75, 3.05) is 26.8 Å². The molecule has 0 aromatic heterocycles. The first-order chi connectivity index (χ1) is 13.4. The summed E-state index contributed by atoms with van der Waals surface area (Å²) in [7, 11) is 1.84. The molecule has 1 amide bonds. The monoisotopic (exact) mass is 395 g/mol. The number of hydrogen-bond acceptors (Lipinski definition) is 5. The van der Waals surface area contributed by atoms with Crippen LogP contribution in [0.5, 0.6) is 0 Å². The van der Waals surface area contributed by atoms with Crippen LogP contribution in [0.15, 0.2) is 12.3 Å². The molecule has 1 saturated carbocycles. The Morgan fingerprint density at radius 3 is 2.57 bits per heavy atom. The van der Waals surface area contributed by atoms with Gasteiger partial charge in [-0.3, -0.25) is 4.79 Å². The number of nitrogens with two attached hydrogens (primary N) is 1. The van der Waals surface area contributed by atoms with Crippen molar-refractivity contribution in [3.05, 3.63) is 12.3 Å². The fourth-order valence-electron chi connectivity index (χ4n) is 4.34. The van der Waals surface area contributed by atoms with Crippen LogP contribution in [0.4, 0.5) is 0 Å². The fraction of sp³-hybridized carbons (Fsp3) is 0.864. The lowest BCUT2D eigenvalue weighted by molar-refractivity contribution is -0.144. The smallest absolute Gasteiger partial charge is 0.248 e. The van der Waals surface area contributed by atoms with Gasteiger partial charge in [0.05, 0.1) is 24.9 Å². The van der Waals surface area contributed by atoms with Crippen LogP contribution in [-0.4, -0.2) is 61.9 Å². The van der Waals surface area contributed by atoms with Crippen molar-refractivity contribution < 1.29 is 14.3 Å². The maximum absolute atomic E-state index is 12.8. The van der Waals surface area contributed by atoms with E-state index in [1.165, 1.54) is 12.8 Å². The summed E-state index contributed by atoms with van der Waals surface area (Å²) in [6.07, 6.45) is 10.5. The lowest BCUT2D eigenvalue weighted by Crippen LogP contribution is -2.57. The van der Waals surface area contributed by atoms with Crippen LogP contribution >= 0.6 is 0 Å². The molecule has 3 N–H and O–H groups in total. The fourth-order valence-corrected chi connectivity index (χ4v) is 4.34. The SMILES string of the molecule is CN/C=C\C(C)OCC(=O)N1CCCC(N)C1COC1CCC(C(C)C)CC1. The summed E-state index contributed by atoms with van der Waals surface area (Å²) in [6, 6.07) is -0.0675. The third kappa shape index (κ3) is 7.05. The van der Waals surface area contributed by atoms with Gasteiger partial charge in [-0.15, -0.1) is 0 Å². The highest BCUT2D eigenvalue weighted by Crippen LogP contribution is 2.31. The molecular formula is C22H41N3O3. The average molecular weight is 396 g/mol. The zero-order chi connectivity index (χ0) is 20.5. The number of carbonyl (C=O) groups is 1. The van der Waals surface area contributed by atoms with Crippen LogP contribution < -0.4 is 11.1 Å². The summed E-state index contributed by atoms with van der Waals surface area (Å²) in [5.74, 6) is 1.59. The summed E-state index contributed by atoms with van der Waals surface area (Å²) in [5.41, 5.74) is 6.37. The number of nitrogens with zero attached hydrogens (tertiary/aromatic N) is 1. The molecule has 0 bridgehead atoms. The van der Waals surface area contributed by atoms with Crippen LogP contribution in [0.1, 0.15) is 59.3 Å². The van der Waals surface area contributed by atoms with Gasteiger partial charge < -0.3 is 25.4 Å². The Balaban J connectivity index is 1.82. The Bertz CT molecular complexity index is 489. The average Bonchev–Trinajstić information content (AvgIpc) is 2.69. The van der Waals surface area contributed by atoms with Crippen molar-refractivity contribution in [3.8, 4) is 0 Å². The standard InChI is InChI=1S/C22H41N3O3/c1-16(2)18-7-9-19(10-8-18)28-14-21-20(23)6-5-13-25(21)22(26)15-27-17(3)11-12-24-4/h11-12,16-21,24H,5-10,13-15,23H2,1-4H3/b12-11-. The molecule has 0 spiro atoms. The van der Waals surface area contributed by atoms with E-state index in [-0.39, 0.29) is 30.7 Å². The minimum Gasteiger partial charge on any atom is -0.394 e. The van der Waals surface area contributed by atoms with E-state index in [0.29, 0.717) is 12.7 Å². The van der Waals surface area contributed by atoms with Crippen molar-refractivity contribution in [1.82, 2.24) is 10.2 Å². The van der Waals surface area contributed by atoms with Crippen LogP contribution in [-0.2, 0) is 14.3 Å². The molecule has 2 rings (SSSR count). The molecule has 28 heavy (non-hydrogen) atoms.